The van der Waals surface area contributed by atoms with E-state index in [0.29, 0.717) is 24.9 Å². The van der Waals surface area contributed by atoms with E-state index in [9.17, 15) is 0 Å². The summed E-state index contributed by atoms with van der Waals surface area (Å²) in [6.07, 6.45) is 1.69. The molecule has 20 heavy (non-hydrogen) atoms. The van der Waals surface area contributed by atoms with Crippen LogP contribution in [0.2, 0.25) is 0 Å². The first-order valence-corrected chi connectivity index (χ1v) is 6.99. The molecule has 0 bridgehead atoms. The minimum Gasteiger partial charge on any atom is -0.480 e. The van der Waals surface area contributed by atoms with Crippen molar-refractivity contribution in [2.24, 2.45) is 5.73 Å². The maximum atomic E-state index is 5.66. The summed E-state index contributed by atoms with van der Waals surface area (Å²) in [7, 11) is 3.53. The van der Waals surface area contributed by atoms with E-state index in [1.165, 1.54) is 5.56 Å². The molecule has 106 valence electrons. The zero-order valence-electron chi connectivity index (χ0n) is 11.5. The Hall–Kier alpha value is -1.66. The maximum absolute atomic E-state index is 5.66. The lowest BCUT2D eigenvalue weighted by molar-refractivity contribution is 0.394. The predicted octanol–water partition coefficient (Wildman–Crippen LogP) is 2.34. The summed E-state index contributed by atoms with van der Waals surface area (Å²) in [5.74, 6) is 1.14. The van der Waals surface area contributed by atoms with Crippen LogP contribution in [0.25, 0.3) is 0 Å². The van der Waals surface area contributed by atoms with Crippen LogP contribution in [-0.4, -0.2) is 24.1 Å². The van der Waals surface area contributed by atoms with Gasteiger partial charge in [0.2, 0.25) is 11.8 Å². The van der Waals surface area contributed by atoms with Crippen LogP contribution >= 0.6 is 15.9 Å². The molecule has 0 atom stereocenters. The molecule has 2 rings (SSSR count). The van der Waals surface area contributed by atoms with E-state index in [1.54, 1.807) is 13.3 Å². The van der Waals surface area contributed by atoms with Gasteiger partial charge in [-0.25, -0.2) is 4.98 Å². The second-order valence-electron chi connectivity index (χ2n) is 4.41. The standard InChI is InChI=1S/C14H17BrN4O/c1-19(9-11-5-3-4-10(6-11)7-16)14-17-8-12(15)13(18-14)20-2/h3-6,8H,7,9,16H2,1-2H3. The lowest BCUT2D eigenvalue weighted by Gasteiger charge is -2.18. The highest BCUT2D eigenvalue weighted by Gasteiger charge is 2.09. The number of nitrogens with zero attached hydrogens (tertiary/aromatic N) is 3. The van der Waals surface area contributed by atoms with Gasteiger partial charge in [-0.1, -0.05) is 24.3 Å². The molecular weight excluding hydrogens is 320 g/mol. The highest BCUT2D eigenvalue weighted by molar-refractivity contribution is 9.10. The van der Waals surface area contributed by atoms with Gasteiger partial charge in [-0.15, -0.1) is 0 Å². The average Bonchev–Trinajstić information content (AvgIpc) is 2.47. The molecule has 5 nitrogen and oxygen atoms in total. The Morgan fingerprint density at radius 3 is 2.80 bits per heavy atom. The molecule has 2 aromatic rings. The maximum Gasteiger partial charge on any atom is 0.232 e. The van der Waals surface area contributed by atoms with Crippen LogP contribution in [0.5, 0.6) is 5.88 Å². The van der Waals surface area contributed by atoms with Gasteiger partial charge in [0.25, 0.3) is 0 Å². The van der Waals surface area contributed by atoms with E-state index in [2.05, 4.69) is 38.0 Å². The fourth-order valence-electron chi connectivity index (χ4n) is 1.87. The smallest absolute Gasteiger partial charge is 0.232 e. The Morgan fingerprint density at radius 1 is 1.35 bits per heavy atom. The van der Waals surface area contributed by atoms with Crippen molar-refractivity contribution >= 4 is 21.9 Å². The average molecular weight is 337 g/mol. The van der Waals surface area contributed by atoms with Crippen molar-refractivity contribution in [3.63, 3.8) is 0 Å². The molecule has 6 heteroatoms. The lowest BCUT2D eigenvalue weighted by Crippen LogP contribution is -2.19. The summed E-state index contributed by atoms with van der Waals surface area (Å²) in [5, 5.41) is 0. The van der Waals surface area contributed by atoms with Gasteiger partial charge in [0, 0.05) is 20.1 Å². The summed E-state index contributed by atoms with van der Waals surface area (Å²) < 4.78 is 5.92. The summed E-state index contributed by atoms with van der Waals surface area (Å²) >= 11 is 3.34. The Bertz CT molecular complexity index is 591. The van der Waals surface area contributed by atoms with Crippen LogP contribution in [0.4, 0.5) is 5.95 Å². The lowest BCUT2D eigenvalue weighted by atomic mass is 10.1. The number of aromatic nitrogens is 2. The number of ether oxygens (including phenoxy) is 1. The van der Waals surface area contributed by atoms with Gasteiger partial charge in [0.15, 0.2) is 0 Å². The predicted molar refractivity (Wildman–Crippen MR) is 82.7 cm³/mol. The number of halogens is 1. The van der Waals surface area contributed by atoms with E-state index in [4.69, 9.17) is 10.5 Å². The number of hydrogen-bond donors (Lipinski definition) is 1. The SMILES string of the molecule is COc1nc(N(C)Cc2cccc(CN)c2)ncc1Br. The van der Waals surface area contributed by atoms with Gasteiger partial charge >= 0.3 is 0 Å². The topological polar surface area (TPSA) is 64.3 Å². The number of methoxy groups -OCH3 is 1. The van der Waals surface area contributed by atoms with E-state index >= 15 is 0 Å². The number of hydrogen-bond acceptors (Lipinski definition) is 5. The van der Waals surface area contributed by atoms with Gasteiger partial charge < -0.3 is 15.4 Å². The van der Waals surface area contributed by atoms with Gasteiger partial charge in [0.1, 0.15) is 0 Å². The highest BCUT2D eigenvalue weighted by atomic mass is 79.9. The van der Waals surface area contributed by atoms with Crippen molar-refractivity contribution in [1.82, 2.24) is 9.97 Å². The van der Waals surface area contributed by atoms with Crippen molar-refractivity contribution in [3.05, 3.63) is 46.1 Å². The van der Waals surface area contributed by atoms with Crippen LogP contribution in [-0.2, 0) is 13.1 Å². The second kappa shape index (κ2) is 6.67. The molecule has 2 N–H and O–H groups in total. The zero-order valence-corrected chi connectivity index (χ0v) is 13.1. The molecule has 0 aliphatic carbocycles. The minimum atomic E-state index is 0.526. The van der Waals surface area contributed by atoms with Crippen molar-refractivity contribution in [2.75, 3.05) is 19.1 Å². The quantitative estimate of drug-likeness (QED) is 0.907. The Kier molecular flexibility index (Phi) is 4.92. The van der Waals surface area contributed by atoms with Gasteiger partial charge in [-0.3, -0.25) is 0 Å². The van der Waals surface area contributed by atoms with Gasteiger partial charge in [-0.05, 0) is 27.1 Å². The van der Waals surface area contributed by atoms with Crippen LogP contribution < -0.4 is 15.4 Å². The van der Waals surface area contributed by atoms with Crippen LogP contribution in [0.1, 0.15) is 11.1 Å². The molecule has 0 fully saturated rings. The molecule has 1 heterocycles. The molecule has 1 aromatic carbocycles. The first-order valence-electron chi connectivity index (χ1n) is 6.19. The van der Waals surface area contributed by atoms with Gasteiger partial charge in [-0.2, -0.15) is 4.98 Å². The molecule has 0 unspecified atom stereocenters. The molecule has 0 aliphatic heterocycles. The Morgan fingerprint density at radius 2 is 2.10 bits per heavy atom. The first-order chi connectivity index (χ1) is 9.63. The molecule has 1 aromatic heterocycles. The van der Waals surface area contributed by atoms with E-state index < -0.39 is 0 Å². The molecule has 0 amide bonds. The second-order valence-corrected chi connectivity index (χ2v) is 5.26. The van der Waals surface area contributed by atoms with Crippen molar-refractivity contribution < 1.29 is 4.74 Å². The van der Waals surface area contributed by atoms with Crippen LogP contribution in [0.15, 0.2) is 34.9 Å². The van der Waals surface area contributed by atoms with Crippen LogP contribution in [0, 0.1) is 0 Å². The van der Waals surface area contributed by atoms with E-state index in [1.807, 2.05) is 24.1 Å². The van der Waals surface area contributed by atoms with Crippen molar-refractivity contribution in [1.29, 1.82) is 0 Å². The fraction of sp³-hybridized carbons (Fsp3) is 0.286. The summed E-state index contributed by atoms with van der Waals surface area (Å²) in [4.78, 5) is 10.6. The Balaban J connectivity index is 2.16. The highest BCUT2D eigenvalue weighted by Crippen LogP contribution is 2.23. The monoisotopic (exact) mass is 336 g/mol. The largest absolute Gasteiger partial charge is 0.480 e. The summed E-state index contributed by atoms with van der Waals surface area (Å²) in [5.41, 5.74) is 7.94. The van der Waals surface area contributed by atoms with E-state index in [-0.39, 0.29) is 0 Å². The molecular formula is C14H17BrN4O. The third-order valence-electron chi connectivity index (χ3n) is 2.88. The number of benzene rings is 1. The molecule has 0 spiro atoms. The minimum absolute atomic E-state index is 0.526. The molecule has 0 saturated carbocycles. The Labute approximate surface area is 126 Å². The third kappa shape index (κ3) is 3.46. The first kappa shape index (κ1) is 14.7. The number of anilines is 1. The molecule has 0 saturated heterocycles. The molecule has 0 aliphatic rings. The van der Waals surface area contributed by atoms with Crippen molar-refractivity contribution in [3.8, 4) is 5.88 Å². The molecule has 0 radical (unpaired) electrons. The number of nitrogens with two attached hydrogens (primary N) is 1. The normalized spacial score (nSPS) is 10.4. The third-order valence-corrected chi connectivity index (χ3v) is 3.42. The van der Waals surface area contributed by atoms with Crippen LogP contribution in [0.3, 0.4) is 0 Å². The van der Waals surface area contributed by atoms with E-state index in [0.717, 1.165) is 10.0 Å². The zero-order chi connectivity index (χ0) is 14.5. The fourth-order valence-corrected chi connectivity index (χ4v) is 2.22. The van der Waals surface area contributed by atoms with Gasteiger partial charge in [0.05, 0.1) is 17.8 Å². The summed E-state index contributed by atoms with van der Waals surface area (Å²) in [6.45, 7) is 1.25. The summed E-state index contributed by atoms with van der Waals surface area (Å²) in [6, 6.07) is 8.18. The van der Waals surface area contributed by atoms with Crippen molar-refractivity contribution in [2.45, 2.75) is 13.1 Å². The number of rotatable bonds is 5.